The normalized spacial score (nSPS) is 12.1. The lowest BCUT2D eigenvalue weighted by molar-refractivity contribution is 1.13. The van der Waals surface area contributed by atoms with Gasteiger partial charge in [-0.1, -0.05) is 140 Å². The molecule has 274 valence electrons. The van der Waals surface area contributed by atoms with Crippen LogP contribution in [0, 0.1) is 0 Å². The Morgan fingerprint density at radius 3 is 1.47 bits per heavy atom. The number of hydrogen-bond donors (Lipinski definition) is 0. The van der Waals surface area contributed by atoms with Crippen LogP contribution in [0.2, 0.25) is 0 Å². The lowest BCUT2D eigenvalue weighted by atomic mass is 9.97. The first kappa shape index (κ1) is 32.5. The molecule has 0 amide bonds. The lowest BCUT2D eigenvalue weighted by Gasteiger charge is -2.16. The summed E-state index contributed by atoms with van der Waals surface area (Å²) in [6.07, 6.45) is 0. The number of hydrogen-bond acceptors (Lipinski definition) is 2. The van der Waals surface area contributed by atoms with Crippen LogP contribution in [0.4, 0.5) is 0 Å². The number of thiophene rings is 1. The quantitative estimate of drug-likeness (QED) is 0.164. The van der Waals surface area contributed by atoms with Gasteiger partial charge in [0.2, 0.25) is 0 Å². The van der Waals surface area contributed by atoms with Crippen molar-refractivity contribution >= 4 is 96.8 Å². The van der Waals surface area contributed by atoms with Crippen LogP contribution in [0.15, 0.2) is 200 Å². The average molecular weight is 768 g/mol. The molecule has 13 aromatic rings. The molecule has 0 N–H and O–H groups in total. The Balaban J connectivity index is 1.09. The molecular formula is C55H33N3S. The summed E-state index contributed by atoms with van der Waals surface area (Å²) in [6.45, 7) is 0. The summed E-state index contributed by atoms with van der Waals surface area (Å²) in [5, 5.41) is 11.3. The highest BCUT2D eigenvalue weighted by Gasteiger charge is 2.20. The number of para-hydroxylation sites is 4. The highest BCUT2D eigenvalue weighted by atomic mass is 32.1. The molecule has 0 spiro atoms. The van der Waals surface area contributed by atoms with Gasteiger partial charge in [-0.3, -0.25) is 0 Å². The highest BCUT2D eigenvalue weighted by Crippen LogP contribution is 2.45. The molecule has 0 aliphatic rings. The number of nitrogens with zero attached hydrogens (tertiary/aromatic N) is 3. The molecule has 0 fully saturated rings. The van der Waals surface area contributed by atoms with Crippen LogP contribution in [-0.2, 0) is 0 Å². The van der Waals surface area contributed by atoms with E-state index in [9.17, 15) is 0 Å². The van der Waals surface area contributed by atoms with Gasteiger partial charge in [0.1, 0.15) is 0 Å². The van der Waals surface area contributed by atoms with Gasteiger partial charge in [-0.05, 0) is 82.6 Å². The van der Waals surface area contributed by atoms with Crippen molar-refractivity contribution in [2.45, 2.75) is 0 Å². The number of benzene rings is 9. The Morgan fingerprint density at radius 1 is 0.356 bits per heavy atom. The van der Waals surface area contributed by atoms with Crippen LogP contribution in [0.5, 0.6) is 0 Å². The lowest BCUT2D eigenvalue weighted by Crippen LogP contribution is -2.00. The fourth-order valence-corrected chi connectivity index (χ4v) is 10.9. The average Bonchev–Trinajstić information content (AvgIpc) is 3.97. The molecule has 0 radical (unpaired) electrons. The van der Waals surface area contributed by atoms with Gasteiger partial charge in [0.05, 0.1) is 38.0 Å². The van der Waals surface area contributed by atoms with Crippen molar-refractivity contribution in [3.63, 3.8) is 0 Å². The van der Waals surface area contributed by atoms with Crippen LogP contribution in [0.1, 0.15) is 0 Å². The van der Waals surface area contributed by atoms with Crippen molar-refractivity contribution in [1.29, 1.82) is 0 Å². The van der Waals surface area contributed by atoms with Gasteiger partial charge in [0, 0.05) is 59.3 Å². The minimum absolute atomic E-state index is 1.02. The summed E-state index contributed by atoms with van der Waals surface area (Å²) in [5.41, 5.74) is 12.4. The maximum absolute atomic E-state index is 5.51. The van der Waals surface area contributed by atoms with E-state index in [0.29, 0.717) is 0 Å². The summed E-state index contributed by atoms with van der Waals surface area (Å²) in [7, 11) is 0. The third kappa shape index (κ3) is 4.78. The Hall–Kier alpha value is -7.53. The molecule has 4 aromatic heterocycles. The van der Waals surface area contributed by atoms with E-state index in [4.69, 9.17) is 4.98 Å². The van der Waals surface area contributed by atoms with Crippen LogP contribution >= 0.6 is 11.3 Å². The Bertz CT molecular complexity index is 3620. The van der Waals surface area contributed by atoms with Gasteiger partial charge in [-0.25, -0.2) is 4.98 Å². The van der Waals surface area contributed by atoms with E-state index in [-0.39, 0.29) is 0 Å². The highest BCUT2D eigenvalue weighted by molar-refractivity contribution is 7.26. The van der Waals surface area contributed by atoms with Crippen molar-refractivity contribution in [1.82, 2.24) is 14.1 Å². The molecule has 0 saturated carbocycles. The number of aromatic nitrogens is 3. The molecular weight excluding hydrogens is 735 g/mol. The zero-order chi connectivity index (χ0) is 38.6. The second-order valence-electron chi connectivity index (χ2n) is 15.5. The predicted molar refractivity (Wildman–Crippen MR) is 252 cm³/mol. The summed E-state index contributed by atoms with van der Waals surface area (Å²) < 4.78 is 7.37. The second-order valence-corrected chi connectivity index (χ2v) is 16.6. The third-order valence-electron chi connectivity index (χ3n) is 12.2. The third-order valence-corrected chi connectivity index (χ3v) is 13.4. The molecule has 0 saturated heterocycles. The molecule has 0 atom stereocenters. The van der Waals surface area contributed by atoms with Crippen molar-refractivity contribution < 1.29 is 0 Å². The van der Waals surface area contributed by atoms with Crippen molar-refractivity contribution in [3.05, 3.63) is 200 Å². The molecule has 3 nitrogen and oxygen atoms in total. The SMILES string of the molecule is c1cc(-c2cc(-n3c4ccccc4c4ccccc43)cc(-n3c4ccccc4c4ccccc43)c2)cc(-c2nc3ccc4ccccc4c3c3c2sc2ccccc23)c1. The first-order valence-corrected chi connectivity index (χ1v) is 20.9. The van der Waals surface area contributed by atoms with Crippen molar-refractivity contribution in [2.24, 2.45) is 0 Å². The number of rotatable bonds is 4. The minimum Gasteiger partial charge on any atom is -0.309 e. The van der Waals surface area contributed by atoms with E-state index in [0.717, 1.165) is 39.3 Å². The number of pyridine rings is 1. The molecule has 59 heavy (non-hydrogen) atoms. The predicted octanol–water partition coefficient (Wildman–Crippen LogP) is 15.3. The van der Waals surface area contributed by atoms with Gasteiger partial charge < -0.3 is 9.13 Å². The first-order chi connectivity index (χ1) is 29.3. The van der Waals surface area contributed by atoms with Gasteiger partial charge in [-0.15, -0.1) is 11.3 Å². The van der Waals surface area contributed by atoms with Crippen LogP contribution in [0.3, 0.4) is 0 Å². The van der Waals surface area contributed by atoms with E-state index in [1.807, 2.05) is 11.3 Å². The van der Waals surface area contributed by atoms with Gasteiger partial charge in [0.25, 0.3) is 0 Å². The van der Waals surface area contributed by atoms with E-state index >= 15 is 0 Å². The van der Waals surface area contributed by atoms with E-state index in [1.54, 1.807) is 0 Å². The topological polar surface area (TPSA) is 22.8 Å². The summed E-state index contributed by atoms with van der Waals surface area (Å²) >= 11 is 1.84. The Labute approximate surface area is 343 Å². The zero-order valence-corrected chi connectivity index (χ0v) is 32.6. The van der Waals surface area contributed by atoms with E-state index in [2.05, 4.69) is 209 Å². The molecule has 0 aliphatic carbocycles. The molecule has 0 unspecified atom stereocenters. The van der Waals surface area contributed by atoms with Crippen LogP contribution < -0.4 is 0 Å². The smallest absolute Gasteiger partial charge is 0.0888 e. The molecule has 13 rings (SSSR count). The first-order valence-electron chi connectivity index (χ1n) is 20.1. The molecule has 4 heterocycles. The van der Waals surface area contributed by atoms with Gasteiger partial charge >= 0.3 is 0 Å². The number of fused-ring (bicyclic) bond motifs is 13. The van der Waals surface area contributed by atoms with E-state index < -0.39 is 0 Å². The molecule has 0 bridgehead atoms. The Kier molecular flexibility index (Phi) is 6.89. The maximum atomic E-state index is 5.51. The van der Waals surface area contributed by atoms with Crippen LogP contribution in [-0.4, -0.2) is 14.1 Å². The van der Waals surface area contributed by atoms with Crippen molar-refractivity contribution in [3.8, 4) is 33.8 Å². The fourth-order valence-electron chi connectivity index (χ4n) is 9.71. The Morgan fingerprint density at radius 2 is 0.864 bits per heavy atom. The second kappa shape index (κ2) is 12.5. The molecule has 4 heteroatoms. The summed E-state index contributed by atoms with van der Waals surface area (Å²) in [5.74, 6) is 0. The van der Waals surface area contributed by atoms with Crippen molar-refractivity contribution in [2.75, 3.05) is 0 Å². The minimum atomic E-state index is 1.02. The molecule has 9 aromatic carbocycles. The maximum Gasteiger partial charge on any atom is 0.0888 e. The standard InChI is InChI=1S/C55H33N3S/c1-2-17-40-34(14-1)28-29-46-52(40)53-45-22-7-12-27-51(45)59-55(53)54(56-46)36-16-13-15-35(30-36)37-31-38(57-47-23-8-3-18-41(47)42-19-4-9-24-48(42)57)33-39(32-37)58-49-25-10-5-20-43(49)44-21-6-11-26-50(44)58/h1-33H. The van der Waals surface area contributed by atoms with Gasteiger partial charge in [0.15, 0.2) is 0 Å². The monoisotopic (exact) mass is 767 g/mol. The van der Waals surface area contributed by atoms with Crippen LogP contribution in [0.25, 0.3) is 119 Å². The fraction of sp³-hybridized carbons (Fsp3) is 0. The summed E-state index contributed by atoms with van der Waals surface area (Å²) in [6, 6.07) is 73.1. The van der Waals surface area contributed by atoms with E-state index in [1.165, 1.54) is 79.9 Å². The van der Waals surface area contributed by atoms with Gasteiger partial charge in [-0.2, -0.15) is 0 Å². The zero-order valence-electron chi connectivity index (χ0n) is 31.8. The largest absolute Gasteiger partial charge is 0.309 e. The summed E-state index contributed by atoms with van der Waals surface area (Å²) in [4.78, 5) is 5.51. The molecule has 0 aliphatic heterocycles.